The Morgan fingerprint density at radius 3 is 2.89 bits per heavy atom. The van der Waals surface area contributed by atoms with Crippen molar-refractivity contribution in [2.24, 2.45) is 0 Å². The van der Waals surface area contributed by atoms with Gasteiger partial charge in [0, 0.05) is 17.3 Å². The van der Waals surface area contributed by atoms with Crippen molar-refractivity contribution in [2.75, 3.05) is 11.1 Å². The molecule has 3 N–H and O–H groups in total. The zero-order valence-corrected chi connectivity index (χ0v) is 16.4. The molecule has 0 amide bonds. The molecule has 0 atom stereocenters. The van der Waals surface area contributed by atoms with Crippen molar-refractivity contribution >= 4 is 40.0 Å². The molecule has 28 heavy (non-hydrogen) atoms. The zero-order valence-electron chi connectivity index (χ0n) is 15.6. The number of nitrogen functional groups attached to an aromatic ring is 1. The van der Waals surface area contributed by atoms with Crippen molar-refractivity contribution in [3.8, 4) is 10.6 Å². The van der Waals surface area contributed by atoms with Crippen LogP contribution in [0.15, 0.2) is 36.6 Å². The van der Waals surface area contributed by atoms with Gasteiger partial charge in [0.05, 0.1) is 17.6 Å². The van der Waals surface area contributed by atoms with Crippen LogP contribution in [-0.4, -0.2) is 29.9 Å². The number of aromatic nitrogens is 6. The van der Waals surface area contributed by atoms with E-state index in [1.807, 2.05) is 29.0 Å². The molecule has 0 aliphatic rings. The number of nitrogens with one attached hydrogen (secondary N) is 1. The lowest BCUT2D eigenvalue weighted by atomic mass is 10.1. The fourth-order valence-electron chi connectivity index (χ4n) is 3.05. The van der Waals surface area contributed by atoms with E-state index < -0.39 is 0 Å². The van der Waals surface area contributed by atoms with Gasteiger partial charge >= 0.3 is 0 Å². The quantitative estimate of drug-likeness (QED) is 0.514. The van der Waals surface area contributed by atoms with Gasteiger partial charge in [-0.3, -0.25) is 0 Å². The number of hydrogen-bond donors (Lipinski definition) is 2. The molecule has 142 valence electrons. The Kier molecular flexibility index (Phi) is 4.74. The van der Waals surface area contributed by atoms with E-state index in [-0.39, 0.29) is 6.04 Å². The van der Waals surface area contributed by atoms with Crippen molar-refractivity contribution < 1.29 is 0 Å². The monoisotopic (exact) mass is 392 g/mol. The summed E-state index contributed by atoms with van der Waals surface area (Å²) in [5.41, 5.74) is 12.3. The summed E-state index contributed by atoms with van der Waals surface area (Å²) < 4.78 is 1.87. The normalized spacial score (nSPS) is 11.2. The summed E-state index contributed by atoms with van der Waals surface area (Å²) in [5, 5.41) is 17.9. The molecule has 0 unspecified atom stereocenters. The fraction of sp³-hybridized carbons (Fsp3) is 0.211. The topological polar surface area (TPSA) is 107 Å². The van der Waals surface area contributed by atoms with Crippen LogP contribution in [0.3, 0.4) is 0 Å². The van der Waals surface area contributed by atoms with E-state index in [4.69, 9.17) is 10.8 Å². The average Bonchev–Trinajstić information content (AvgIpc) is 3.35. The molecule has 1 aromatic carbocycles. The van der Waals surface area contributed by atoms with E-state index in [9.17, 15) is 0 Å². The first-order valence-corrected chi connectivity index (χ1v) is 9.71. The fourth-order valence-corrected chi connectivity index (χ4v) is 3.60. The van der Waals surface area contributed by atoms with Gasteiger partial charge in [0.25, 0.3) is 0 Å². The Morgan fingerprint density at radius 1 is 1.32 bits per heavy atom. The van der Waals surface area contributed by atoms with Crippen molar-refractivity contribution in [1.29, 1.82) is 0 Å². The number of nitrogens with two attached hydrogens (primary N) is 1. The maximum Gasteiger partial charge on any atom is 0.163 e. The highest BCUT2D eigenvalue weighted by molar-refractivity contribution is 7.12. The highest BCUT2D eigenvalue weighted by atomic mass is 32.1. The Bertz CT molecular complexity index is 1130. The SMILES string of the molecule is C=Cc1ccc(-c2nncs2)cc1NCc1nn(C(C)C)c2ncnc(N)c12. The minimum absolute atomic E-state index is 0.162. The molecule has 3 heterocycles. The molecule has 4 rings (SSSR count). The first-order chi connectivity index (χ1) is 13.6. The van der Waals surface area contributed by atoms with Crippen LogP contribution in [0.4, 0.5) is 11.5 Å². The van der Waals surface area contributed by atoms with Gasteiger partial charge in [-0.05, 0) is 25.5 Å². The second-order valence-electron chi connectivity index (χ2n) is 6.55. The summed E-state index contributed by atoms with van der Waals surface area (Å²) in [6.07, 6.45) is 3.28. The summed E-state index contributed by atoms with van der Waals surface area (Å²) in [6.45, 7) is 8.50. The standard InChI is InChI=1S/C19H20N8S/c1-4-12-5-6-13(19-25-24-10-28-19)7-14(12)21-8-15-16-17(20)22-9-23-18(16)27(26-15)11(2)3/h4-7,9-11,21H,1,8H2,2-3H3,(H2,20,22,23). The Morgan fingerprint density at radius 2 is 2.18 bits per heavy atom. The van der Waals surface area contributed by atoms with Crippen molar-refractivity contribution in [2.45, 2.75) is 26.4 Å². The van der Waals surface area contributed by atoms with Gasteiger partial charge in [0.2, 0.25) is 0 Å². The number of rotatable bonds is 6. The molecule has 8 nitrogen and oxygen atoms in total. The van der Waals surface area contributed by atoms with Gasteiger partial charge in [0.1, 0.15) is 22.7 Å². The molecule has 0 aliphatic heterocycles. The maximum absolute atomic E-state index is 6.12. The molecule has 0 spiro atoms. The third kappa shape index (κ3) is 3.20. The minimum atomic E-state index is 0.162. The van der Waals surface area contributed by atoms with Gasteiger partial charge in [0.15, 0.2) is 5.65 Å². The second kappa shape index (κ2) is 7.35. The molecule has 9 heteroatoms. The summed E-state index contributed by atoms with van der Waals surface area (Å²) in [6, 6.07) is 6.22. The first-order valence-electron chi connectivity index (χ1n) is 8.83. The molecule has 0 fully saturated rings. The van der Waals surface area contributed by atoms with Crippen molar-refractivity contribution in [3.05, 3.63) is 47.9 Å². The van der Waals surface area contributed by atoms with E-state index in [0.29, 0.717) is 12.4 Å². The smallest absolute Gasteiger partial charge is 0.163 e. The zero-order chi connectivity index (χ0) is 19.7. The van der Waals surface area contributed by atoms with Crippen molar-refractivity contribution in [1.82, 2.24) is 29.9 Å². The van der Waals surface area contributed by atoms with Crippen LogP contribution < -0.4 is 11.1 Å². The molecule has 0 radical (unpaired) electrons. The van der Waals surface area contributed by atoms with E-state index in [1.165, 1.54) is 17.7 Å². The van der Waals surface area contributed by atoms with Crippen molar-refractivity contribution in [3.63, 3.8) is 0 Å². The number of fused-ring (bicyclic) bond motifs is 1. The lowest BCUT2D eigenvalue weighted by Gasteiger charge is -2.10. The van der Waals surface area contributed by atoms with Crippen LogP contribution in [0.25, 0.3) is 27.7 Å². The molecule has 0 saturated carbocycles. The number of benzene rings is 1. The van der Waals surface area contributed by atoms with E-state index in [2.05, 4.69) is 45.9 Å². The number of nitrogens with zero attached hydrogens (tertiary/aromatic N) is 6. The van der Waals surface area contributed by atoms with Crippen LogP contribution in [0.1, 0.15) is 31.1 Å². The average molecular weight is 392 g/mol. The molecule has 0 saturated heterocycles. The molecular weight excluding hydrogens is 372 g/mol. The first kappa shape index (κ1) is 18.1. The number of hydrogen-bond acceptors (Lipinski definition) is 8. The van der Waals surface area contributed by atoms with E-state index >= 15 is 0 Å². The van der Waals surface area contributed by atoms with Crippen LogP contribution >= 0.6 is 11.3 Å². The number of anilines is 2. The molecular formula is C19H20N8S. The Balaban J connectivity index is 1.70. The van der Waals surface area contributed by atoms with Crippen LogP contribution in [0.2, 0.25) is 0 Å². The van der Waals surface area contributed by atoms with E-state index in [0.717, 1.165) is 38.5 Å². The predicted molar refractivity (Wildman–Crippen MR) is 113 cm³/mol. The lowest BCUT2D eigenvalue weighted by Crippen LogP contribution is -2.06. The lowest BCUT2D eigenvalue weighted by molar-refractivity contribution is 0.540. The molecule has 4 aromatic rings. The summed E-state index contributed by atoms with van der Waals surface area (Å²) in [7, 11) is 0. The third-order valence-electron chi connectivity index (χ3n) is 4.41. The third-order valence-corrected chi connectivity index (χ3v) is 5.15. The molecule has 3 aromatic heterocycles. The van der Waals surface area contributed by atoms with Crippen LogP contribution in [0, 0.1) is 0 Å². The highest BCUT2D eigenvalue weighted by Crippen LogP contribution is 2.29. The highest BCUT2D eigenvalue weighted by Gasteiger charge is 2.17. The summed E-state index contributed by atoms with van der Waals surface area (Å²) >= 11 is 1.50. The van der Waals surface area contributed by atoms with E-state index in [1.54, 1.807) is 5.51 Å². The largest absolute Gasteiger partial charge is 0.383 e. The van der Waals surface area contributed by atoms with Gasteiger partial charge in [-0.2, -0.15) is 5.10 Å². The maximum atomic E-state index is 6.12. The van der Waals surface area contributed by atoms with Gasteiger partial charge in [-0.1, -0.05) is 36.1 Å². The molecule has 0 aliphatic carbocycles. The van der Waals surface area contributed by atoms with Gasteiger partial charge in [-0.25, -0.2) is 14.6 Å². The predicted octanol–water partition coefficient (Wildman–Crippen LogP) is 3.76. The van der Waals surface area contributed by atoms with Crippen LogP contribution in [-0.2, 0) is 6.54 Å². The van der Waals surface area contributed by atoms with Crippen LogP contribution in [0.5, 0.6) is 0 Å². The van der Waals surface area contributed by atoms with Gasteiger partial charge < -0.3 is 11.1 Å². The Hall–Kier alpha value is -3.33. The molecule has 0 bridgehead atoms. The summed E-state index contributed by atoms with van der Waals surface area (Å²) in [5.74, 6) is 0.431. The second-order valence-corrected chi connectivity index (χ2v) is 7.38. The Labute approximate surface area is 166 Å². The minimum Gasteiger partial charge on any atom is -0.383 e. The summed E-state index contributed by atoms with van der Waals surface area (Å²) in [4.78, 5) is 8.50. The van der Waals surface area contributed by atoms with Gasteiger partial charge in [-0.15, -0.1) is 10.2 Å².